The summed E-state index contributed by atoms with van der Waals surface area (Å²) >= 11 is 0. The highest BCUT2D eigenvalue weighted by Gasteiger charge is 2.07. The molecule has 1 heterocycles. The van der Waals surface area contributed by atoms with Crippen LogP contribution in [0.1, 0.15) is 19.4 Å². The number of nitrogens with one attached hydrogen (secondary N) is 2. The summed E-state index contributed by atoms with van der Waals surface area (Å²) in [6.45, 7) is 6.05. The van der Waals surface area contributed by atoms with Gasteiger partial charge in [0, 0.05) is 32.9 Å². The van der Waals surface area contributed by atoms with Crippen LogP contribution in [0.2, 0.25) is 0 Å². The maximum Gasteiger partial charge on any atom is 0.191 e. The summed E-state index contributed by atoms with van der Waals surface area (Å²) in [7, 11) is 5.60. The van der Waals surface area contributed by atoms with Crippen LogP contribution < -0.4 is 25.0 Å². The Morgan fingerprint density at radius 1 is 1.18 bits per heavy atom. The van der Waals surface area contributed by atoms with Crippen LogP contribution in [0.4, 0.5) is 5.82 Å². The van der Waals surface area contributed by atoms with Gasteiger partial charge in [0.25, 0.3) is 0 Å². The quantitative estimate of drug-likeness (QED) is 0.511. The molecule has 1 atom stereocenters. The van der Waals surface area contributed by atoms with Gasteiger partial charge in [-0.2, -0.15) is 0 Å². The summed E-state index contributed by atoms with van der Waals surface area (Å²) in [5, 5.41) is 6.60. The largest absolute Gasteiger partial charge is 0.497 e. The van der Waals surface area contributed by atoms with Crippen LogP contribution >= 0.6 is 0 Å². The molecule has 0 saturated heterocycles. The number of hydrogen-bond acceptors (Lipinski definition) is 5. The summed E-state index contributed by atoms with van der Waals surface area (Å²) in [5.41, 5.74) is 1.11. The highest BCUT2D eigenvalue weighted by molar-refractivity contribution is 5.79. The van der Waals surface area contributed by atoms with Crippen molar-refractivity contribution in [3.05, 3.63) is 48.2 Å². The van der Waals surface area contributed by atoms with Crippen LogP contribution in [-0.2, 0) is 6.54 Å². The van der Waals surface area contributed by atoms with Crippen molar-refractivity contribution in [2.24, 2.45) is 4.99 Å². The number of benzene rings is 1. The average molecular weight is 386 g/mol. The number of rotatable bonds is 9. The van der Waals surface area contributed by atoms with Gasteiger partial charge in [0.1, 0.15) is 23.4 Å². The van der Waals surface area contributed by atoms with Gasteiger partial charge in [0.15, 0.2) is 5.96 Å². The van der Waals surface area contributed by atoms with Crippen molar-refractivity contribution in [1.29, 1.82) is 0 Å². The third-order valence-electron chi connectivity index (χ3n) is 3.97. The molecule has 2 N–H and O–H groups in total. The Morgan fingerprint density at radius 2 is 1.96 bits per heavy atom. The van der Waals surface area contributed by atoms with E-state index in [4.69, 9.17) is 9.47 Å². The van der Waals surface area contributed by atoms with E-state index in [1.807, 2.05) is 75.4 Å². The van der Waals surface area contributed by atoms with E-state index in [-0.39, 0.29) is 6.10 Å². The summed E-state index contributed by atoms with van der Waals surface area (Å²) < 4.78 is 11.2. The van der Waals surface area contributed by atoms with E-state index < -0.39 is 0 Å². The molecule has 0 fully saturated rings. The molecule has 2 rings (SSSR count). The monoisotopic (exact) mass is 385 g/mol. The molecule has 1 aromatic carbocycles. The highest BCUT2D eigenvalue weighted by atomic mass is 16.5. The molecule has 0 amide bonds. The minimum atomic E-state index is -0.0303. The first-order valence-electron chi connectivity index (χ1n) is 9.47. The zero-order valence-corrected chi connectivity index (χ0v) is 17.4. The normalized spacial score (nSPS) is 12.2. The van der Waals surface area contributed by atoms with Crippen molar-refractivity contribution in [2.75, 3.05) is 39.2 Å². The molecule has 0 saturated carbocycles. The molecule has 0 aliphatic rings. The summed E-state index contributed by atoms with van der Waals surface area (Å²) in [4.78, 5) is 11.0. The van der Waals surface area contributed by atoms with Crippen molar-refractivity contribution >= 4 is 11.8 Å². The Balaban J connectivity index is 1.92. The molecule has 152 valence electrons. The zero-order valence-electron chi connectivity index (χ0n) is 17.4. The van der Waals surface area contributed by atoms with E-state index in [9.17, 15) is 0 Å². The summed E-state index contributed by atoms with van der Waals surface area (Å²) in [6, 6.07) is 11.6. The van der Waals surface area contributed by atoms with Crippen LogP contribution in [0, 0.1) is 0 Å². The molecule has 0 aliphatic heterocycles. The van der Waals surface area contributed by atoms with Gasteiger partial charge in [-0.1, -0.05) is 6.07 Å². The highest BCUT2D eigenvalue weighted by Crippen LogP contribution is 2.19. The number of hydrogen-bond donors (Lipinski definition) is 2. The third kappa shape index (κ3) is 6.98. The maximum atomic E-state index is 5.95. The van der Waals surface area contributed by atoms with Crippen LogP contribution in [0.3, 0.4) is 0 Å². The number of nitrogens with zero attached hydrogens (tertiary/aromatic N) is 3. The van der Waals surface area contributed by atoms with Gasteiger partial charge in [-0.3, -0.25) is 0 Å². The van der Waals surface area contributed by atoms with Gasteiger partial charge in [-0.15, -0.1) is 0 Å². The number of aliphatic imine (C=N–C) groups is 1. The second-order valence-corrected chi connectivity index (χ2v) is 6.60. The molecule has 7 heteroatoms. The fourth-order valence-electron chi connectivity index (χ4n) is 2.50. The average Bonchev–Trinajstić information content (AvgIpc) is 2.70. The number of guanidine groups is 1. The number of anilines is 1. The van der Waals surface area contributed by atoms with Crippen molar-refractivity contribution in [3.8, 4) is 11.5 Å². The Morgan fingerprint density at radius 3 is 2.68 bits per heavy atom. The second kappa shape index (κ2) is 11.0. The molecule has 0 bridgehead atoms. The Hall–Kier alpha value is -2.96. The first kappa shape index (κ1) is 21.3. The van der Waals surface area contributed by atoms with Crippen LogP contribution in [-0.4, -0.2) is 51.3 Å². The fourth-order valence-corrected chi connectivity index (χ4v) is 2.50. The lowest BCUT2D eigenvalue weighted by Gasteiger charge is -2.18. The molecule has 0 radical (unpaired) electrons. The first-order valence-corrected chi connectivity index (χ1v) is 9.47. The summed E-state index contributed by atoms with van der Waals surface area (Å²) in [6.07, 6.45) is 1.78. The van der Waals surface area contributed by atoms with Gasteiger partial charge in [-0.05, 0) is 43.7 Å². The molecule has 2 aromatic rings. The number of aromatic nitrogens is 1. The van der Waals surface area contributed by atoms with Crippen molar-refractivity contribution < 1.29 is 9.47 Å². The molecular formula is C21H31N5O2. The van der Waals surface area contributed by atoms with Crippen molar-refractivity contribution in [3.63, 3.8) is 0 Å². The van der Waals surface area contributed by atoms with Gasteiger partial charge in [0.05, 0.1) is 20.2 Å². The standard InChI is InChI=1S/C21H31N5O2/c1-6-22-21(25-15-17-10-11-23-20(12-17)26(3)4)24-14-16(2)28-19-9-7-8-18(13-19)27-5/h7-13,16H,6,14-15H2,1-5H3,(H2,22,24,25). The van der Waals surface area contributed by atoms with Crippen LogP contribution in [0.5, 0.6) is 11.5 Å². The molecule has 7 nitrogen and oxygen atoms in total. The predicted octanol–water partition coefficient (Wildman–Crippen LogP) is 2.68. The van der Waals surface area contributed by atoms with E-state index in [0.717, 1.165) is 35.4 Å². The van der Waals surface area contributed by atoms with E-state index in [1.54, 1.807) is 7.11 Å². The SMILES string of the molecule is CCNC(=NCc1ccnc(N(C)C)c1)NCC(C)Oc1cccc(OC)c1. The number of methoxy groups -OCH3 is 1. The molecule has 28 heavy (non-hydrogen) atoms. The van der Waals surface area contributed by atoms with Crippen LogP contribution in [0.25, 0.3) is 0 Å². The smallest absolute Gasteiger partial charge is 0.191 e. The zero-order chi connectivity index (χ0) is 20.4. The lowest BCUT2D eigenvalue weighted by Crippen LogP contribution is -2.41. The topological polar surface area (TPSA) is 71.0 Å². The van der Waals surface area contributed by atoms with E-state index in [1.165, 1.54) is 0 Å². The Bertz CT molecular complexity index is 764. The van der Waals surface area contributed by atoms with E-state index in [0.29, 0.717) is 13.1 Å². The Labute approximate surface area is 167 Å². The summed E-state index contributed by atoms with van der Waals surface area (Å²) in [5.74, 6) is 3.24. The van der Waals surface area contributed by atoms with Crippen molar-refractivity contribution in [1.82, 2.24) is 15.6 Å². The number of ether oxygens (including phenoxy) is 2. The minimum absolute atomic E-state index is 0.0303. The van der Waals surface area contributed by atoms with E-state index in [2.05, 4.69) is 20.6 Å². The molecule has 0 spiro atoms. The molecular weight excluding hydrogens is 354 g/mol. The fraction of sp³-hybridized carbons (Fsp3) is 0.429. The van der Waals surface area contributed by atoms with Gasteiger partial charge in [-0.25, -0.2) is 9.98 Å². The maximum absolute atomic E-state index is 5.95. The molecule has 0 aliphatic carbocycles. The van der Waals surface area contributed by atoms with Gasteiger partial charge < -0.3 is 25.0 Å². The van der Waals surface area contributed by atoms with Crippen molar-refractivity contribution in [2.45, 2.75) is 26.5 Å². The number of pyridine rings is 1. The first-order chi connectivity index (χ1) is 13.5. The second-order valence-electron chi connectivity index (χ2n) is 6.60. The third-order valence-corrected chi connectivity index (χ3v) is 3.97. The van der Waals surface area contributed by atoms with Gasteiger partial charge in [0.2, 0.25) is 0 Å². The predicted molar refractivity (Wildman–Crippen MR) is 114 cm³/mol. The minimum Gasteiger partial charge on any atom is -0.497 e. The van der Waals surface area contributed by atoms with E-state index >= 15 is 0 Å². The lowest BCUT2D eigenvalue weighted by atomic mass is 10.2. The van der Waals surface area contributed by atoms with Crippen LogP contribution in [0.15, 0.2) is 47.6 Å². The van der Waals surface area contributed by atoms with Gasteiger partial charge >= 0.3 is 0 Å². The molecule has 1 aromatic heterocycles. The molecule has 1 unspecified atom stereocenters. The lowest BCUT2D eigenvalue weighted by molar-refractivity contribution is 0.223. The Kier molecular flexibility index (Phi) is 8.39.